The van der Waals surface area contributed by atoms with Gasteiger partial charge in [0.1, 0.15) is 0 Å². The van der Waals surface area contributed by atoms with Gasteiger partial charge in [-0.05, 0) is 31.2 Å². The number of para-hydroxylation sites is 1. The maximum atomic E-state index is 13.0. The first-order valence-electron chi connectivity index (χ1n) is 11.5. The minimum atomic E-state index is -0.239. The summed E-state index contributed by atoms with van der Waals surface area (Å²) in [5.41, 5.74) is 0.831. The number of piperazine rings is 1. The van der Waals surface area contributed by atoms with Crippen LogP contribution in [0.5, 0.6) is 0 Å². The number of nitrogens with one attached hydrogen (secondary N) is 1. The van der Waals surface area contributed by atoms with Crippen LogP contribution in [0.25, 0.3) is 0 Å². The van der Waals surface area contributed by atoms with Crippen LogP contribution in [0, 0.1) is 0 Å². The van der Waals surface area contributed by atoms with Gasteiger partial charge in [0.2, 0.25) is 11.8 Å². The van der Waals surface area contributed by atoms with Gasteiger partial charge in [0.25, 0.3) is 0 Å². The fourth-order valence-corrected chi connectivity index (χ4v) is 5.01. The third kappa shape index (κ3) is 6.57. The molecule has 0 unspecified atom stereocenters. The molecule has 2 saturated heterocycles. The lowest BCUT2D eigenvalue weighted by atomic mass is 10.2. The van der Waals surface area contributed by atoms with E-state index < -0.39 is 0 Å². The molecular weight excluding hydrogens is 436 g/mol. The third-order valence-electron chi connectivity index (χ3n) is 6.17. The van der Waals surface area contributed by atoms with E-state index in [0.717, 1.165) is 41.7 Å². The largest absolute Gasteiger partial charge is 0.378 e. The molecule has 2 aliphatic rings. The van der Waals surface area contributed by atoms with E-state index in [4.69, 9.17) is 4.74 Å². The number of nitrogens with zero attached hydrogens (tertiary/aromatic N) is 3. The Hall–Kier alpha value is -2.39. The van der Waals surface area contributed by atoms with Gasteiger partial charge in [-0.15, -0.1) is 0 Å². The molecule has 7 nitrogen and oxygen atoms in total. The standard InChI is InChI=1S/C25H32N4O3S/c1-20(28-13-11-27(12-14-28)19-24(30)29-15-17-32-18-16-29)25(31)26-22-9-5-6-10-23(22)33-21-7-3-2-4-8-21/h2-10,20H,11-19H2,1H3,(H,26,31)/t20-/m1/s1. The van der Waals surface area contributed by atoms with Crippen LogP contribution in [-0.2, 0) is 14.3 Å². The van der Waals surface area contributed by atoms with Crippen molar-refractivity contribution >= 4 is 29.3 Å². The van der Waals surface area contributed by atoms with E-state index in [2.05, 4.69) is 27.2 Å². The van der Waals surface area contributed by atoms with Crippen LogP contribution in [0.2, 0.25) is 0 Å². The summed E-state index contributed by atoms with van der Waals surface area (Å²) in [4.78, 5) is 34.0. The Balaban J connectivity index is 1.27. The van der Waals surface area contributed by atoms with E-state index in [1.165, 1.54) is 0 Å². The lowest BCUT2D eigenvalue weighted by Crippen LogP contribution is -2.55. The number of hydrogen-bond acceptors (Lipinski definition) is 6. The molecule has 0 spiro atoms. The van der Waals surface area contributed by atoms with Crippen LogP contribution in [-0.4, -0.2) is 91.6 Å². The van der Waals surface area contributed by atoms with E-state index in [1.807, 2.05) is 54.3 Å². The number of rotatable bonds is 7. The molecular formula is C25H32N4O3S. The van der Waals surface area contributed by atoms with Crippen LogP contribution in [0.15, 0.2) is 64.4 Å². The van der Waals surface area contributed by atoms with E-state index >= 15 is 0 Å². The number of carbonyl (C=O) groups is 2. The number of hydrogen-bond donors (Lipinski definition) is 1. The maximum absolute atomic E-state index is 13.0. The highest BCUT2D eigenvalue weighted by Crippen LogP contribution is 2.33. The molecule has 2 aliphatic heterocycles. The number of ether oxygens (including phenoxy) is 1. The average molecular weight is 469 g/mol. The van der Waals surface area contributed by atoms with Gasteiger partial charge >= 0.3 is 0 Å². The van der Waals surface area contributed by atoms with Crippen LogP contribution < -0.4 is 5.32 Å². The Morgan fingerprint density at radius 3 is 2.33 bits per heavy atom. The number of anilines is 1. The van der Waals surface area contributed by atoms with Gasteiger partial charge in [0, 0.05) is 49.1 Å². The van der Waals surface area contributed by atoms with Crippen molar-refractivity contribution in [2.75, 3.05) is 64.3 Å². The predicted molar refractivity (Wildman–Crippen MR) is 131 cm³/mol. The van der Waals surface area contributed by atoms with Crippen molar-refractivity contribution in [1.29, 1.82) is 0 Å². The molecule has 0 aliphatic carbocycles. The van der Waals surface area contributed by atoms with E-state index in [1.54, 1.807) is 11.8 Å². The zero-order valence-corrected chi connectivity index (χ0v) is 19.9. The molecule has 1 atom stereocenters. The molecule has 2 amide bonds. The second-order valence-electron chi connectivity index (χ2n) is 8.38. The van der Waals surface area contributed by atoms with Gasteiger partial charge in [-0.3, -0.25) is 19.4 Å². The van der Waals surface area contributed by atoms with Crippen molar-refractivity contribution in [2.24, 2.45) is 0 Å². The first kappa shape index (κ1) is 23.8. The number of carbonyl (C=O) groups excluding carboxylic acids is 2. The van der Waals surface area contributed by atoms with E-state index in [-0.39, 0.29) is 17.9 Å². The topological polar surface area (TPSA) is 65.1 Å². The second-order valence-corrected chi connectivity index (χ2v) is 9.50. The van der Waals surface area contributed by atoms with Crippen LogP contribution in [0.1, 0.15) is 6.92 Å². The average Bonchev–Trinajstić information content (AvgIpc) is 2.86. The Bertz CT molecular complexity index is 928. The first-order valence-corrected chi connectivity index (χ1v) is 12.4. The van der Waals surface area contributed by atoms with Crippen LogP contribution >= 0.6 is 11.8 Å². The third-order valence-corrected chi connectivity index (χ3v) is 7.26. The van der Waals surface area contributed by atoms with Crippen molar-refractivity contribution in [3.8, 4) is 0 Å². The summed E-state index contributed by atoms with van der Waals surface area (Å²) < 4.78 is 5.33. The zero-order chi connectivity index (χ0) is 23.0. The van der Waals surface area contributed by atoms with Gasteiger partial charge in [0.15, 0.2) is 0 Å². The van der Waals surface area contributed by atoms with Crippen LogP contribution in [0.3, 0.4) is 0 Å². The molecule has 2 heterocycles. The Labute approximate surface area is 200 Å². The summed E-state index contributed by atoms with van der Waals surface area (Å²) in [5.74, 6) is 0.166. The fourth-order valence-electron chi connectivity index (χ4n) is 4.09. The smallest absolute Gasteiger partial charge is 0.241 e. The first-order chi connectivity index (χ1) is 16.1. The molecule has 2 aromatic rings. The minimum Gasteiger partial charge on any atom is -0.378 e. The number of morpholine rings is 1. The van der Waals surface area contributed by atoms with Crippen molar-refractivity contribution in [2.45, 2.75) is 22.8 Å². The van der Waals surface area contributed by atoms with E-state index in [0.29, 0.717) is 32.8 Å². The molecule has 0 radical (unpaired) electrons. The second kappa shape index (κ2) is 11.7. The molecule has 33 heavy (non-hydrogen) atoms. The molecule has 1 N–H and O–H groups in total. The Morgan fingerprint density at radius 1 is 0.939 bits per heavy atom. The van der Waals surface area contributed by atoms with Gasteiger partial charge in [0.05, 0.1) is 31.5 Å². The molecule has 2 aromatic carbocycles. The summed E-state index contributed by atoms with van der Waals surface area (Å²) in [5, 5.41) is 3.13. The molecule has 0 bridgehead atoms. The molecule has 176 valence electrons. The van der Waals surface area contributed by atoms with Crippen LogP contribution in [0.4, 0.5) is 5.69 Å². The summed E-state index contributed by atoms with van der Waals surface area (Å²) in [7, 11) is 0. The summed E-state index contributed by atoms with van der Waals surface area (Å²) in [6.45, 7) is 8.12. The normalized spacial score (nSPS) is 18.6. The molecule has 8 heteroatoms. The van der Waals surface area contributed by atoms with Crippen molar-refractivity contribution in [3.63, 3.8) is 0 Å². The quantitative estimate of drug-likeness (QED) is 0.674. The summed E-state index contributed by atoms with van der Waals surface area (Å²) in [6, 6.07) is 17.8. The summed E-state index contributed by atoms with van der Waals surface area (Å²) in [6.07, 6.45) is 0. The molecule has 4 rings (SSSR count). The molecule has 2 fully saturated rings. The Morgan fingerprint density at radius 2 is 1.61 bits per heavy atom. The van der Waals surface area contributed by atoms with Crippen molar-refractivity contribution in [3.05, 3.63) is 54.6 Å². The highest BCUT2D eigenvalue weighted by atomic mass is 32.2. The molecule has 0 aromatic heterocycles. The SMILES string of the molecule is C[C@H](C(=O)Nc1ccccc1Sc1ccccc1)N1CCN(CC(=O)N2CCOCC2)CC1. The molecule has 0 saturated carbocycles. The number of benzene rings is 2. The monoisotopic (exact) mass is 468 g/mol. The van der Waals surface area contributed by atoms with Gasteiger partial charge in [-0.1, -0.05) is 42.1 Å². The summed E-state index contributed by atoms with van der Waals surface area (Å²) >= 11 is 1.64. The van der Waals surface area contributed by atoms with Gasteiger partial charge in [-0.2, -0.15) is 0 Å². The van der Waals surface area contributed by atoms with Gasteiger partial charge in [-0.25, -0.2) is 0 Å². The van der Waals surface area contributed by atoms with E-state index in [9.17, 15) is 9.59 Å². The minimum absolute atomic E-state index is 0.00560. The van der Waals surface area contributed by atoms with Crippen molar-refractivity contribution in [1.82, 2.24) is 14.7 Å². The number of amides is 2. The Kier molecular flexibility index (Phi) is 8.39. The fraction of sp³-hybridized carbons (Fsp3) is 0.440. The van der Waals surface area contributed by atoms with Gasteiger partial charge < -0.3 is 15.0 Å². The highest BCUT2D eigenvalue weighted by molar-refractivity contribution is 7.99. The zero-order valence-electron chi connectivity index (χ0n) is 19.1. The predicted octanol–water partition coefficient (Wildman–Crippen LogP) is 2.64. The highest BCUT2D eigenvalue weighted by Gasteiger charge is 2.28. The van der Waals surface area contributed by atoms with Crippen molar-refractivity contribution < 1.29 is 14.3 Å². The lowest BCUT2D eigenvalue weighted by Gasteiger charge is -2.38. The lowest BCUT2D eigenvalue weighted by molar-refractivity contribution is -0.137. The maximum Gasteiger partial charge on any atom is 0.241 e.